The van der Waals surface area contributed by atoms with Crippen molar-refractivity contribution in [2.24, 2.45) is 16.8 Å². The van der Waals surface area contributed by atoms with Crippen LogP contribution in [0.25, 0.3) is 0 Å². The first-order valence-electron chi connectivity index (χ1n) is 9.13. The molecule has 0 aromatic rings. The van der Waals surface area contributed by atoms with Crippen molar-refractivity contribution in [3.63, 3.8) is 0 Å². The van der Waals surface area contributed by atoms with Gasteiger partial charge >= 0.3 is 6.18 Å². The molecule has 0 aromatic carbocycles. The van der Waals surface area contributed by atoms with E-state index in [0.29, 0.717) is 19.1 Å². The molecule has 0 radical (unpaired) electrons. The molecular weight excluding hydrogens is 444 g/mol. The zero-order valence-corrected chi connectivity index (χ0v) is 17.8. The molecule has 3 unspecified atom stereocenters. The molecule has 0 aromatic heterocycles. The summed E-state index contributed by atoms with van der Waals surface area (Å²) in [6, 6.07) is 0.528. The van der Waals surface area contributed by atoms with Crippen molar-refractivity contribution in [2.45, 2.75) is 51.7 Å². The van der Waals surface area contributed by atoms with Gasteiger partial charge in [-0.25, -0.2) is 0 Å². The Morgan fingerprint density at radius 1 is 1.32 bits per heavy atom. The van der Waals surface area contributed by atoms with Gasteiger partial charge in [0.05, 0.1) is 6.54 Å². The summed E-state index contributed by atoms with van der Waals surface area (Å²) in [6.45, 7) is 5.79. The van der Waals surface area contributed by atoms with E-state index in [-0.39, 0.29) is 29.9 Å². The number of hydrogen-bond acceptors (Lipinski definition) is 2. The molecule has 1 N–H and O–H groups in total. The first-order valence-corrected chi connectivity index (χ1v) is 9.13. The smallest absolute Gasteiger partial charge is 0.353 e. The summed E-state index contributed by atoms with van der Waals surface area (Å²) < 4.78 is 37.8. The van der Waals surface area contributed by atoms with Crippen LogP contribution in [0.1, 0.15) is 39.5 Å². The lowest BCUT2D eigenvalue weighted by molar-refractivity contribution is -0.146. The third-order valence-corrected chi connectivity index (χ3v) is 5.06. The molecular formula is C17H32F3IN4. The van der Waals surface area contributed by atoms with E-state index in [2.05, 4.69) is 22.1 Å². The van der Waals surface area contributed by atoms with E-state index >= 15 is 0 Å². The summed E-state index contributed by atoms with van der Waals surface area (Å²) >= 11 is 0. The van der Waals surface area contributed by atoms with E-state index in [0.717, 1.165) is 31.4 Å². The number of alkyl halides is 3. The fourth-order valence-corrected chi connectivity index (χ4v) is 3.68. The highest BCUT2D eigenvalue weighted by molar-refractivity contribution is 14.0. The Balaban J connectivity index is 0.00000312. The maximum atomic E-state index is 12.6. The van der Waals surface area contributed by atoms with Crippen molar-refractivity contribution in [3.05, 3.63) is 0 Å². The van der Waals surface area contributed by atoms with E-state index < -0.39 is 12.7 Å². The number of guanidine groups is 1. The Morgan fingerprint density at radius 3 is 2.60 bits per heavy atom. The third-order valence-electron chi connectivity index (χ3n) is 5.06. The highest BCUT2D eigenvalue weighted by Gasteiger charge is 2.38. The molecule has 1 heterocycles. The van der Waals surface area contributed by atoms with Crippen LogP contribution in [0.5, 0.6) is 0 Å². The first kappa shape index (κ1) is 22.8. The molecule has 1 aliphatic heterocycles. The van der Waals surface area contributed by atoms with Crippen LogP contribution in [0, 0.1) is 11.8 Å². The van der Waals surface area contributed by atoms with Gasteiger partial charge in [-0.15, -0.1) is 24.0 Å². The number of likely N-dealkylation sites (tertiary alicyclic amines) is 1. The lowest BCUT2D eigenvalue weighted by Gasteiger charge is -2.26. The van der Waals surface area contributed by atoms with Crippen LogP contribution in [0.3, 0.4) is 0 Å². The summed E-state index contributed by atoms with van der Waals surface area (Å²) in [4.78, 5) is 8.08. The average Bonchev–Trinajstić information content (AvgIpc) is 3.07. The normalized spacial score (nSPS) is 26.8. The number of nitrogens with one attached hydrogen (secondary N) is 1. The Kier molecular flexibility index (Phi) is 9.28. The zero-order chi connectivity index (χ0) is 17.7. The van der Waals surface area contributed by atoms with Gasteiger partial charge in [0.15, 0.2) is 5.96 Å². The topological polar surface area (TPSA) is 30.9 Å². The summed E-state index contributed by atoms with van der Waals surface area (Å²) in [6.07, 6.45) is 0.475. The van der Waals surface area contributed by atoms with Gasteiger partial charge in [0.2, 0.25) is 0 Å². The molecule has 0 bridgehead atoms. The predicted molar refractivity (Wildman–Crippen MR) is 107 cm³/mol. The zero-order valence-electron chi connectivity index (χ0n) is 15.5. The maximum Gasteiger partial charge on any atom is 0.401 e. The van der Waals surface area contributed by atoms with Crippen LogP contribution in [0.15, 0.2) is 4.99 Å². The maximum absolute atomic E-state index is 12.6. The van der Waals surface area contributed by atoms with Gasteiger partial charge in [0, 0.05) is 32.7 Å². The van der Waals surface area contributed by atoms with Gasteiger partial charge in [-0.2, -0.15) is 13.2 Å². The molecule has 25 heavy (non-hydrogen) atoms. The van der Waals surface area contributed by atoms with Crippen molar-refractivity contribution in [3.8, 4) is 0 Å². The Hall–Kier alpha value is -0.250. The fourth-order valence-electron chi connectivity index (χ4n) is 3.68. The van der Waals surface area contributed by atoms with Gasteiger partial charge in [-0.3, -0.25) is 9.89 Å². The molecule has 0 amide bonds. The minimum Gasteiger partial charge on any atom is -0.353 e. The summed E-state index contributed by atoms with van der Waals surface area (Å²) in [5.74, 6) is 1.95. The molecule has 1 saturated heterocycles. The van der Waals surface area contributed by atoms with Crippen LogP contribution >= 0.6 is 24.0 Å². The quantitative estimate of drug-likeness (QED) is 0.346. The molecule has 1 aliphatic carbocycles. The summed E-state index contributed by atoms with van der Waals surface area (Å²) in [5.41, 5.74) is 0. The summed E-state index contributed by atoms with van der Waals surface area (Å²) in [7, 11) is 1.79. The van der Waals surface area contributed by atoms with Crippen molar-refractivity contribution in [1.29, 1.82) is 0 Å². The van der Waals surface area contributed by atoms with Crippen molar-refractivity contribution in [1.82, 2.24) is 15.1 Å². The van der Waals surface area contributed by atoms with Crippen molar-refractivity contribution >= 4 is 29.9 Å². The van der Waals surface area contributed by atoms with Gasteiger partial charge in [-0.05, 0) is 37.6 Å². The molecule has 3 atom stereocenters. The third kappa shape index (κ3) is 7.48. The lowest BCUT2D eigenvalue weighted by Crippen LogP contribution is -2.42. The number of halogens is 4. The minimum atomic E-state index is -4.12. The highest BCUT2D eigenvalue weighted by atomic mass is 127. The van der Waals surface area contributed by atoms with Crippen LogP contribution in [0.2, 0.25) is 0 Å². The molecule has 2 rings (SSSR count). The number of rotatable bonds is 7. The Labute approximate surface area is 166 Å². The largest absolute Gasteiger partial charge is 0.401 e. The Morgan fingerprint density at radius 2 is 2.04 bits per heavy atom. The predicted octanol–water partition coefficient (Wildman–Crippen LogP) is 3.57. The number of hydrogen-bond donors (Lipinski definition) is 1. The van der Waals surface area contributed by atoms with Crippen LogP contribution in [0.4, 0.5) is 13.2 Å². The lowest BCUT2D eigenvalue weighted by atomic mass is 10.1. The van der Waals surface area contributed by atoms with Gasteiger partial charge < -0.3 is 10.2 Å². The second-order valence-electron chi connectivity index (χ2n) is 7.13. The molecule has 0 spiro atoms. The van der Waals surface area contributed by atoms with Crippen LogP contribution in [-0.4, -0.2) is 67.7 Å². The monoisotopic (exact) mass is 476 g/mol. The van der Waals surface area contributed by atoms with Crippen molar-refractivity contribution < 1.29 is 13.2 Å². The average molecular weight is 476 g/mol. The van der Waals surface area contributed by atoms with E-state index in [1.54, 1.807) is 14.0 Å². The summed E-state index contributed by atoms with van der Waals surface area (Å²) in [5, 5.41) is 3.53. The molecule has 2 aliphatic rings. The number of nitrogens with zero attached hydrogens (tertiary/aromatic N) is 3. The van der Waals surface area contributed by atoms with Crippen LogP contribution in [-0.2, 0) is 0 Å². The molecule has 2 fully saturated rings. The van der Waals surface area contributed by atoms with E-state index in [9.17, 15) is 13.2 Å². The highest BCUT2D eigenvalue weighted by Crippen LogP contribution is 2.34. The Bertz CT molecular complexity index is 431. The standard InChI is InChI=1S/C17H31F3N4.HI/c1-4-6-14-9-15(14)22-16(21-3)24-8-7-13(11-24)10-23(5-2)12-17(18,19)20;/h13-15H,4-12H2,1-3H3,(H,21,22);1H. The second kappa shape index (κ2) is 10.2. The van der Waals surface area contributed by atoms with Gasteiger partial charge in [-0.1, -0.05) is 20.3 Å². The fraction of sp³-hybridized carbons (Fsp3) is 0.941. The molecule has 148 valence electrons. The minimum absolute atomic E-state index is 0. The molecule has 4 nitrogen and oxygen atoms in total. The van der Waals surface area contributed by atoms with Crippen LogP contribution < -0.4 is 5.32 Å². The molecule has 8 heteroatoms. The van der Waals surface area contributed by atoms with E-state index in [4.69, 9.17) is 0 Å². The van der Waals surface area contributed by atoms with E-state index in [1.165, 1.54) is 24.2 Å². The second-order valence-corrected chi connectivity index (χ2v) is 7.13. The number of aliphatic imine (C=N–C) groups is 1. The van der Waals surface area contributed by atoms with E-state index in [1.807, 2.05) is 0 Å². The van der Waals surface area contributed by atoms with Gasteiger partial charge in [0.25, 0.3) is 0 Å². The SMILES string of the molecule is CCCC1CC1NC(=NC)N1CCC(CN(CC)CC(F)(F)F)C1.I. The van der Waals surface area contributed by atoms with Crippen molar-refractivity contribution in [2.75, 3.05) is 39.8 Å². The van der Waals surface area contributed by atoms with Gasteiger partial charge in [0.1, 0.15) is 0 Å². The first-order chi connectivity index (χ1) is 11.4. The molecule has 1 saturated carbocycles.